The number of fused-ring (bicyclic) bond motifs is 1. The number of nitrogens with one attached hydrogen (secondary N) is 2. The summed E-state index contributed by atoms with van der Waals surface area (Å²) < 4.78 is 5.71. The predicted molar refractivity (Wildman–Crippen MR) is 118 cm³/mol. The van der Waals surface area contributed by atoms with Crippen LogP contribution in [0.2, 0.25) is 0 Å². The van der Waals surface area contributed by atoms with Gasteiger partial charge in [-0.3, -0.25) is 9.59 Å². The van der Waals surface area contributed by atoms with Crippen LogP contribution in [-0.4, -0.2) is 25.0 Å². The van der Waals surface area contributed by atoms with E-state index >= 15 is 0 Å². The maximum absolute atomic E-state index is 13.1. The Hall–Kier alpha value is -3.80. The standard InChI is InChI=1S/C24H23N3O3/c1-16-23(28)26-20-13-8-11-18(22(20)30-16)24(29)25-19-12-6-7-14-21(19)27(2)15-17-9-4-3-5-10-17/h3-14,16H,15H2,1-2H3,(H,25,29)(H,26,28). The van der Waals surface area contributed by atoms with Gasteiger partial charge in [0.25, 0.3) is 11.8 Å². The van der Waals surface area contributed by atoms with Gasteiger partial charge < -0.3 is 20.3 Å². The Morgan fingerprint density at radius 1 is 1.03 bits per heavy atom. The Morgan fingerprint density at radius 2 is 1.77 bits per heavy atom. The van der Waals surface area contributed by atoms with E-state index < -0.39 is 6.10 Å². The van der Waals surface area contributed by atoms with Crippen LogP contribution in [-0.2, 0) is 11.3 Å². The number of carbonyl (C=O) groups excluding carboxylic acids is 2. The van der Waals surface area contributed by atoms with Crippen LogP contribution in [0, 0.1) is 0 Å². The molecular weight excluding hydrogens is 378 g/mol. The van der Waals surface area contributed by atoms with Crippen molar-refractivity contribution in [1.82, 2.24) is 0 Å². The van der Waals surface area contributed by atoms with Crippen molar-refractivity contribution in [1.29, 1.82) is 0 Å². The van der Waals surface area contributed by atoms with Gasteiger partial charge in [-0.05, 0) is 36.8 Å². The van der Waals surface area contributed by atoms with Crippen LogP contribution in [0.15, 0.2) is 72.8 Å². The number of carbonyl (C=O) groups is 2. The Balaban J connectivity index is 1.58. The second-order valence-electron chi connectivity index (χ2n) is 7.24. The molecule has 0 radical (unpaired) electrons. The molecule has 0 saturated heterocycles. The first-order chi connectivity index (χ1) is 14.5. The molecule has 0 bridgehead atoms. The first-order valence-corrected chi connectivity index (χ1v) is 9.79. The van der Waals surface area contributed by atoms with Crippen molar-refractivity contribution in [3.8, 4) is 5.75 Å². The average molecular weight is 401 g/mol. The lowest BCUT2D eigenvalue weighted by atomic mass is 10.1. The lowest BCUT2D eigenvalue weighted by molar-refractivity contribution is -0.122. The molecule has 1 unspecified atom stereocenters. The SMILES string of the molecule is CC1Oc2c(cccc2C(=O)Nc2ccccc2N(C)Cc2ccccc2)NC1=O. The van der Waals surface area contributed by atoms with Gasteiger partial charge in [0.15, 0.2) is 11.9 Å². The number of hydrogen-bond acceptors (Lipinski definition) is 4. The summed E-state index contributed by atoms with van der Waals surface area (Å²) in [6.07, 6.45) is -0.657. The highest BCUT2D eigenvalue weighted by Gasteiger charge is 2.27. The third-order valence-corrected chi connectivity index (χ3v) is 5.01. The van der Waals surface area contributed by atoms with E-state index in [-0.39, 0.29) is 11.8 Å². The van der Waals surface area contributed by atoms with Crippen molar-refractivity contribution in [3.05, 3.63) is 83.9 Å². The number of para-hydroxylation sites is 3. The molecule has 4 rings (SSSR count). The normalized spacial score (nSPS) is 14.9. The summed E-state index contributed by atoms with van der Waals surface area (Å²) in [4.78, 5) is 27.0. The molecule has 6 nitrogen and oxygen atoms in total. The number of rotatable bonds is 5. The van der Waals surface area contributed by atoms with E-state index in [1.54, 1.807) is 25.1 Å². The van der Waals surface area contributed by atoms with Crippen molar-refractivity contribution in [2.75, 3.05) is 22.6 Å². The summed E-state index contributed by atoms with van der Waals surface area (Å²) in [6, 6.07) is 22.9. The number of anilines is 3. The summed E-state index contributed by atoms with van der Waals surface area (Å²) in [7, 11) is 1.99. The number of ether oxygens (including phenoxy) is 1. The number of benzene rings is 3. The molecule has 3 aromatic carbocycles. The molecule has 0 aliphatic carbocycles. The van der Waals surface area contributed by atoms with E-state index in [1.165, 1.54) is 5.56 Å². The maximum atomic E-state index is 13.1. The molecule has 2 N–H and O–H groups in total. The van der Waals surface area contributed by atoms with Crippen LogP contribution in [0.1, 0.15) is 22.8 Å². The van der Waals surface area contributed by atoms with Gasteiger partial charge in [-0.2, -0.15) is 0 Å². The summed E-state index contributed by atoms with van der Waals surface area (Å²) in [6.45, 7) is 2.36. The first kappa shape index (κ1) is 19.5. The van der Waals surface area contributed by atoms with Crippen LogP contribution >= 0.6 is 0 Å². The molecule has 1 aliphatic rings. The highest BCUT2D eigenvalue weighted by Crippen LogP contribution is 2.34. The van der Waals surface area contributed by atoms with Crippen LogP contribution in [0.4, 0.5) is 17.1 Å². The summed E-state index contributed by atoms with van der Waals surface area (Å²) in [5, 5.41) is 5.77. The topological polar surface area (TPSA) is 70.7 Å². The summed E-state index contributed by atoms with van der Waals surface area (Å²) >= 11 is 0. The quantitative estimate of drug-likeness (QED) is 0.669. The second-order valence-corrected chi connectivity index (χ2v) is 7.24. The highest BCUT2D eigenvalue weighted by atomic mass is 16.5. The zero-order valence-corrected chi connectivity index (χ0v) is 16.9. The fraction of sp³-hybridized carbons (Fsp3) is 0.167. The molecule has 6 heteroatoms. The molecular formula is C24H23N3O3. The van der Waals surface area contributed by atoms with E-state index in [1.807, 2.05) is 49.5 Å². The number of amides is 2. The summed E-state index contributed by atoms with van der Waals surface area (Å²) in [5.74, 6) is -0.138. The monoisotopic (exact) mass is 401 g/mol. The second kappa shape index (κ2) is 8.29. The zero-order chi connectivity index (χ0) is 21.1. The van der Waals surface area contributed by atoms with Gasteiger partial charge in [-0.15, -0.1) is 0 Å². The molecule has 0 spiro atoms. The Kier molecular flexibility index (Phi) is 5.39. The smallest absolute Gasteiger partial charge is 0.265 e. The van der Waals surface area contributed by atoms with Crippen molar-refractivity contribution >= 4 is 28.9 Å². The van der Waals surface area contributed by atoms with Crippen molar-refractivity contribution in [2.45, 2.75) is 19.6 Å². The van der Waals surface area contributed by atoms with Gasteiger partial charge >= 0.3 is 0 Å². The molecule has 1 atom stereocenters. The Labute approximate surface area is 175 Å². The van der Waals surface area contributed by atoms with Gasteiger partial charge in [0, 0.05) is 13.6 Å². The van der Waals surface area contributed by atoms with E-state index in [9.17, 15) is 9.59 Å². The van der Waals surface area contributed by atoms with Crippen LogP contribution in [0.5, 0.6) is 5.75 Å². The third kappa shape index (κ3) is 3.98. The Morgan fingerprint density at radius 3 is 2.57 bits per heavy atom. The molecule has 0 aromatic heterocycles. The summed E-state index contributed by atoms with van der Waals surface area (Å²) in [5.41, 5.74) is 3.66. The van der Waals surface area contributed by atoms with Crippen LogP contribution in [0.3, 0.4) is 0 Å². The Bertz CT molecular complexity index is 1080. The van der Waals surface area contributed by atoms with Gasteiger partial charge in [-0.1, -0.05) is 48.5 Å². The van der Waals surface area contributed by atoms with Gasteiger partial charge in [0.05, 0.1) is 22.6 Å². The lowest BCUT2D eigenvalue weighted by Crippen LogP contribution is -2.35. The lowest BCUT2D eigenvalue weighted by Gasteiger charge is -2.26. The molecule has 152 valence electrons. The first-order valence-electron chi connectivity index (χ1n) is 9.79. The third-order valence-electron chi connectivity index (χ3n) is 5.01. The molecule has 3 aromatic rings. The highest BCUT2D eigenvalue weighted by molar-refractivity contribution is 6.10. The predicted octanol–water partition coefficient (Wildman–Crippen LogP) is 4.29. The molecule has 2 amide bonds. The van der Waals surface area contributed by atoms with E-state index in [4.69, 9.17) is 4.74 Å². The van der Waals surface area contributed by atoms with E-state index in [2.05, 4.69) is 27.7 Å². The minimum Gasteiger partial charge on any atom is -0.478 e. The fourth-order valence-corrected chi connectivity index (χ4v) is 3.45. The minimum atomic E-state index is -0.657. The van der Waals surface area contributed by atoms with Gasteiger partial charge in [-0.25, -0.2) is 0 Å². The molecule has 1 aliphatic heterocycles. The van der Waals surface area contributed by atoms with Crippen LogP contribution < -0.4 is 20.3 Å². The van der Waals surface area contributed by atoms with Crippen molar-refractivity contribution in [2.24, 2.45) is 0 Å². The van der Waals surface area contributed by atoms with Crippen molar-refractivity contribution < 1.29 is 14.3 Å². The maximum Gasteiger partial charge on any atom is 0.265 e. The van der Waals surface area contributed by atoms with E-state index in [0.29, 0.717) is 29.2 Å². The average Bonchev–Trinajstić information content (AvgIpc) is 2.75. The molecule has 0 saturated carbocycles. The van der Waals surface area contributed by atoms with E-state index in [0.717, 1.165) is 5.69 Å². The molecule has 30 heavy (non-hydrogen) atoms. The number of hydrogen-bond donors (Lipinski definition) is 2. The van der Waals surface area contributed by atoms with Gasteiger partial charge in [0.1, 0.15) is 0 Å². The van der Waals surface area contributed by atoms with Crippen LogP contribution in [0.25, 0.3) is 0 Å². The largest absolute Gasteiger partial charge is 0.478 e. The molecule has 0 fully saturated rings. The molecule has 1 heterocycles. The zero-order valence-electron chi connectivity index (χ0n) is 16.9. The fourth-order valence-electron chi connectivity index (χ4n) is 3.45. The number of nitrogens with zero attached hydrogens (tertiary/aromatic N) is 1. The van der Waals surface area contributed by atoms with Gasteiger partial charge in [0.2, 0.25) is 0 Å². The van der Waals surface area contributed by atoms with Crippen molar-refractivity contribution in [3.63, 3.8) is 0 Å². The minimum absolute atomic E-state index is 0.229.